The highest BCUT2D eigenvalue weighted by Gasteiger charge is 2.35. The van der Waals surface area contributed by atoms with Crippen LogP contribution in [0.1, 0.15) is 39.0 Å². The van der Waals surface area contributed by atoms with Crippen LogP contribution in [0.2, 0.25) is 0 Å². The molecule has 2 aliphatic rings. The standard InChI is InChI=1S/C13H22N2O/c1-13(8-5-9-14-10-13)12(16)15-11-6-3-2-4-7-11/h2-3,11,14H,4-10H2,1H3,(H,15,16). The van der Waals surface area contributed by atoms with Gasteiger partial charge in [0.2, 0.25) is 5.91 Å². The zero-order chi connectivity index (χ0) is 11.4. The first-order valence-electron chi connectivity index (χ1n) is 6.37. The molecule has 0 radical (unpaired) electrons. The lowest BCUT2D eigenvalue weighted by molar-refractivity contribution is -0.131. The van der Waals surface area contributed by atoms with Crippen molar-refractivity contribution in [1.82, 2.24) is 10.6 Å². The third kappa shape index (κ3) is 2.64. The van der Waals surface area contributed by atoms with Crippen LogP contribution in [-0.2, 0) is 4.79 Å². The van der Waals surface area contributed by atoms with E-state index in [4.69, 9.17) is 0 Å². The molecule has 16 heavy (non-hydrogen) atoms. The van der Waals surface area contributed by atoms with Gasteiger partial charge in [0.15, 0.2) is 0 Å². The Balaban J connectivity index is 1.88. The van der Waals surface area contributed by atoms with E-state index in [0.717, 1.165) is 45.2 Å². The Morgan fingerprint density at radius 1 is 1.50 bits per heavy atom. The molecular formula is C13H22N2O. The molecule has 1 amide bonds. The lowest BCUT2D eigenvalue weighted by Crippen LogP contribution is -2.51. The van der Waals surface area contributed by atoms with E-state index in [-0.39, 0.29) is 11.3 Å². The third-order valence-electron chi connectivity index (χ3n) is 3.75. The van der Waals surface area contributed by atoms with E-state index in [1.54, 1.807) is 0 Å². The van der Waals surface area contributed by atoms with E-state index in [2.05, 4.69) is 29.7 Å². The summed E-state index contributed by atoms with van der Waals surface area (Å²) in [6, 6.07) is 0.358. The topological polar surface area (TPSA) is 41.1 Å². The number of carbonyl (C=O) groups excluding carboxylic acids is 1. The lowest BCUT2D eigenvalue weighted by Gasteiger charge is -2.34. The van der Waals surface area contributed by atoms with Crippen LogP contribution in [-0.4, -0.2) is 25.0 Å². The molecule has 2 rings (SSSR count). The summed E-state index contributed by atoms with van der Waals surface area (Å²) in [5.41, 5.74) is -0.195. The summed E-state index contributed by atoms with van der Waals surface area (Å²) in [5, 5.41) is 6.52. The smallest absolute Gasteiger partial charge is 0.227 e. The maximum atomic E-state index is 12.2. The van der Waals surface area contributed by atoms with E-state index in [1.165, 1.54) is 0 Å². The minimum absolute atomic E-state index is 0.195. The van der Waals surface area contributed by atoms with Crippen LogP contribution in [0.15, 0.2) is 12.2 Å². The third-order valence-corrected chi connectivity index (χ3v) is 3.75. The average Bonchev–Trinajstić information content (AvgIpc) is 2.31. The molecule has 2 atom stereocenters. The Labute approximate surface area is 97.7 Å². The van der Waals surface area contributed by atoms with Crippen molar-refractivity contribution in [3.8, 4) is 0 Å². The molecule has 90 valence electrons. The van der Waals surface area contributed by atoms with Crippen molar-refractivity contribution in [2.75, 3.05) is 13.1 Å². The molecule has 0 bridgehead atoms. The Hall–Kier alpha value is -0.830. The number of hydrogen-bond donors (Lipinski definition) is 2. The monoisotopic (exact) mass is 222 g/mol. The summed E-state index contributed by atoms with van der Waals surface area (Å²) in [6.45, 7) is 3.95. The van der Waals surface area contributed by atoms with E-state index < -0.39 is 0 Å². The van der Waals surface area contributed by atoms with Crippen molar-refractivity contribution < 1.29 is 4.79 Å². The van der Waals surface area contributed by atoms with Gasteiger partial charge in [-0.25, -0.2) is 0 Å². The van der Waals surface area contributed by atoms with Crippen molar-refractivity contribution >= 4 is 5.91 Å². The molecular weight excluding hydrogens is 200 g/mol. The van der Waals surface area contributed by atoms with Crippen LogP contribution in [0.25, 0.3) is 0 Å². The van der Waals surface area contributed by atoms with Crippen LogP contribution < -0.4 is 10.6 Å². The molecule has 0 aromatic rings. The maximum Gasteiger partial charge on any atom is 0.227 e. The first-order valence-corrected chi connectivity index (χ1v) is 6.37. The Bertz CT molecular complexity index is 280. The van der Waals surface area contributed by atoms with Gasteiger partial charge < -0.3 is 10.6 Å². The van der Waals surface area contributed by atoms with Gasteiger partial charge in [-0.3, -0.25) is 4.79 Å². The Kier molecular flexibility index (Phi) is 3.64. The molecule has 3 heteroatoms. The Morgan fingerprint density at radius 3 is 3.00 bits per heavy atom. The summed E-state index contributed by atoms with van der Waals surface area (Å²) >= 11 is 0. The number of amides is 1. The van der Waals surface area contributed by atoms with Crippen molar-refractivity contribution in [2.24, 2.45) is 5.41 Å². The van der Waals surface area contributed by atoms with E-state index >= 15 is 0 Å². The quantitative estimate of drug-likeness (QED) is 0.697. The highest BCUT2D eigenvalue weighted by Crippen LogP contribution is 2.26. The van der Waals surface area contributed by atoms with Gasteiger partial charge in [-0.15, -0.1) is 0 Å². The molecule has 0 spiro atoms. The van der Waals surface area contributed by atoms with Gasteiger partial charge in [-0.2, -0.15) is 0 Å². The lowest BCUT2D eigenvalue weighted by atomic mass is 9.81. The van der Waals surface area contributed by atoms with Crippen LogP contribution in [0, 0.1) is 5.41 Å². The van der Waals surface area contributed by atoms with Gasteiger partial charge in [0.25, 0.3) is 0 Å². The average molecular weight is 222 g/mol. The normalized spacial score (nSPS) is 34.7. The zero-order valence-corrected chi connectivity index (χ0v) is 10.1. The number of nitrogens with one attached hydrogen (secondary N) is 2. The first-order chi connectivity index (χ1) is 7.71. The second-order valence-electron chi connectivity index (χ2n) is 5.30. The second-order valence-corrected chi connectivity index (χ2v) is 5.30. The largest absolute Gasteiger partial charge is 0.353 e. The maximum absolute atomic E-state index is 12.2. The summed E-state index contributed by atoms with van der Waals surface area (Å²) in [4.78, 5) is 12.2. The molecule has 2 unspecified atom stereocenters. The minimum Gasteiger partial charge on any atom is -0.353 e. The molecule has 1 saturated heterocycles. The van der Waals surface area contributed by atoms with Crippen LogP contribution in [0.3, 0.4) is 0 Å². The van der Waals surface area contributed by atoms with Crippen molar-refractivity contribution in [2.45, 2.75) is 45.1 Å². The highest BCUT2D eigenvalue weighted by atomic mass is 16.2. The predicted molar refractivity (Wildman–Crippen MR) is 65.1 cm³/mol. The molecule has 3 nitrogen and oxygen atoms in total. The molecule has 0 aromatic heterocycles. The van der Waals surface area contributed by atoms with E-state index in [0.29, 0.717) is 6.04 Å². The number of allylic oxidation sites excluding steroid dienone is 1. The second kappa shape index (κ2) is 5.00. The van der Waals surface area contributed by atoms with Crippen molar-refractivity contribution in [1.29, 1.82) is 0 Å². The van der Waals surface area contributed by atoms with Gasteiger partial charge in [0, 0.05) is 12.6 Å². The van der Waals surface area contributed by atoms with Crippen LogP contribution in [0.4, 0.5) is 0 Å². The molecule has 1 aliphatic carbocycles. The predicted octanol–water partition coefficient (Wildman–Crippen LogP) is 1.60. The van der Waals surface area contributed by atoms with Gasteiger partial charge >= 0.3 is 0 Å². The SMILES string of the molecule is CC1(C(=O)NC2CC=CCC2)CCCNC1. The van der Waals surface area contributed by atoms with E-state index in [9.17, 15) is 4.79 Å². The van der Waals surface area contributed by atoms with Crippen LogP contribution >= 0.6 is 0 Å². The molecule has 2 N–H and O–H groups in total. The molecule has 0 aromatic carbocycles. The Morgan fingerprint density at radius 2 is 2.38 bits per heavy atom. The highest BCUT2D eigenvalue weighted by molar-refractivity contribution is 5.82. The number of carbonyl (C=O) groups is 1. The molecule has 0 saturated carbocycles. The molecule has 1 fully saturated rings. The van der Waals surface area contributed by atoms with Gasteiger partial charge in [-0.1, -0.05) is 12.2 Å². The summed E-state index contributed by atoms with van der Waals surface area (Å²) < 4.78 is 0. The number of hydrogen-bond acceptors (Lipinski definition) is 2. The van der Waals surface area contributed by atoms with E-state index in [1.807, 2.05) is 0 Å². The minimum atomic E-state index is -0.195. The van der Waals surface area contributed by atoms with Crippen molar-refractivity contribution in [3.63, 3.8) is 0 Å². The van der Waals surface area contributed by atoms with Gasteiger partial charge in [0.1, 0.15) is 0 Å². The summed E-state index contributed by atoms with van der Waals surface area (Å²) in [7, 11) is 0. The number of piperidine rings is 1. The van der Waals surface area contributed by atoms with Gasteiger partial charge in [-0.05, 0) is 45.6 Å². The number of rotatable bonds is 2. The summed E-state index contributed by atoms with van der Waals surface area (Å²) in [5.74, 6) is 0.236. The first kappa shape index (κ1) is 11.6. The van der Waals surface area contributed by atoms with Crippen LogP contribution in [0.5, 0.6) is 0 Å². The molecule has 1 aliphatic heterocycles. The van der Waals surface area contributed by atoms with Gasteiger partial charge in [0.05, 0.1) is 5.41 Å². The zero-order valence-electron chi connectivity index (χ0n) is 10.1. The fourth-order valence-corrected chi connectivity index (χ4v) is 2.53. The molecule has 1 heterocycles. The fourth-order valence-electron chi connectivity index (χ4n) is 2.53. The van der Waals surface area contributed by atoms with Crippen molar-refractivity contribution in [3.05, 3.63) is 12.2 Å². The summed E-state index contributed by atoms with van der Waals surface area (Å²) in [6.07, 6.45) is 9.67. The fraction of sp³-hybridized carbons (Fsp3) is 0.769.